The molecule has 1 heterocycles. The van der Waals surface area contributed by atoms with Crippen LogP contribution in [0.3, 0.4) is 0 Å². The minimum atomic E-state index is -2.32. The van der Waals surface area contributed by atoms with Crippen LogP contribution in [0.25, 0.3) is 0 Å². The van der Waals surface area contributed by atoms with Crippen LogP contribution in [0.4, 0.5) is 8.78 Å². The van der Waals surface area contributed by atoms with E-state index in [4.69, 9.17) is 0 Å². The van der Waals surface area contributed by atoms with Crippen molar-refractivity contribution in [3.8, 4) is 0 Å². The summed E-state index contributed by atoms with van der Waals surface area (Å²) in [6, 6.07) is -0.744. The zero-order chi connectivity index (χ0) is 10.6. The van der Waals surface area contributed by atoms with Crippen molar-refractivity contribution < 1.29 is 8.78 Å². The molecule has 0 saturated carbocycles. The molecule has 0 spiro atoms. The van der Waals surface area contributed by atoms with Crippen LogP contribution < -0.4 is 5.32 Å². The number of aromatic nitrogens is 2. The lowest BCUT2D eigenvalue weighted by Gasteiger charge is -2.14. The molecule has 0 aliphatic carbocycles. The molecule has 1 aromatic heterocycles. The minimum absolute atomic E-state index is 0.402. The second-order valence-electron chi connectivity index (χ2n) is 3.22. The van der Waals surface area contributed by atoms with Gasteiger partial charge in [0, 0.05) is 25.9 Å². The normalized spacial score (nSPS) is 13.5. The predicted octanol–water partition coefficient (Wildman–Crippen LogP) is 1.21. The van der Waals surface area contributed by atoms with Gasteiger partial charge in [0.1, 0.15) is 5.82 Å². The number of nitrogens with one attached hydrogen (secondary N) is 1. The molecule has 0 radical (unpaired) electrons. The predicted molar refractivity (Wildman–Crippen MR) is 50.4 cm³/mol. The molecule has 0 aromatic carbocycles. The van der Waals surface area contributed by atoms with Gasteiger partial charge in [-0.1, -0.05) is 0 Å². The van der Waals surface area contributed by atoms with Crippen LogP contribution in [-0.4, -0.2) is 29.1 Å². The van der Waals surface area contributed by atoms with E-state index in [0.29, 0.717) is 12.8 Å². The van der Waals surface area contributed by atoms with E-state index >= 15 is 0 Å². The molecular weight excluding hydrogens is 188 g/mol. The third-order valence-corrected chi connectivity index (χ3v) is 2.27. The van der Waals surface area contributed by atoms with E-state index in [9.17, 15) is 8.78 Å². The quantitative estimate of drug-likeness (QED) is 0.779. The zero-order valence-electron chi connectivity index (χ0n) is 8.37. The van der Waals surface area contributed by atoms with Crippen molar-refractivity contribution >= 4 is 0 Å². The standard InChI is InChI=1S/C9H15F2N3/c1-12-7(9(10)11)3-4-8-13-5-6-14(8)2/h5-7,9,12H,3-4H2,1-2H3. The molecule has 1 rings (SSSR count). The first-order valence-corrected chi connectivity index (χ1v) is 4.56. The van der Waals surface area contributed by atoms with Gasteiger partial charge in [-0.25, -0.2) is 13.8 Å². The Bertz CT molecular complexity index is 273. The van der Waals surface area contributed by atoms with Crippen molar-refractivity contribution in [2.45, 2.75) is 25.3 Å². The first kappa shape index (κ1) is 11.1. The van der Waals surface area contributed by atoms with Gasteiger partial charge >= 0.3 is 0 Å². The summed E-state index contributed by atoms with van der Waals surface area (Å²) in [5.41, 5.74) is 0. The largest absolute Gasteiger partial charge is 0.338 e. The third kappa shape index (κ3) is 2.77. The van der Waals surface area contributed by atoms with E-state index in [1.165, 1.54) is 0 Å². The van der Waals surface area contributed by atoms with Crippen molar-refractivity contribution in [2.75, 3.05) is 7.05 Å². The molecule has 0 amide bonds. The fourth-order valence-corrected chi connectivity index (χ4v) is 1.32. The summed E-state index contributed by atoms with van der Waals surface area (Å²) in [4.78, 5) is 4.07. The van der Waals surface area contributed by atoms with Gasteiger partial charge < -0.3 is 9.88 Å². The number of rotatable bonds is 5. The number of alkyl halides is 2. The average molecular weight is 203 g/mol. The van der Waals surface area contributed by atoms with Gasteiger partial charge in [0.15, 0.2) is 0 Å². The average Bonchev–Trinajstić information content (AvgIpc) is 2.52. The summed E-state index contributed by atoms with van der Waals surface area (Å²) in [5, 5.41) is 2.60. The molecule has 80 valence electrons. The van der Waals surface area contributed by atoms with E-state index < -0.39 is 12.5 Å². The van der Waals surface area contributed by atoms with Gasteiger partial charge in [0.25, 0.3) is 6.43 Å². The Labute approximate surface area is 82.1 Å². The van der Waals surface area contributed by atoms with Gasteiger partial charge in [-0.3, -0.25) is 0 Å². The summed E-state index contributed by atoms with van der Waals surface area (Å²) in [5.74, 6) is 0.839. The summed E-state index contributed by atoms with van der Waals surface area (Å²) < 4.78 is 26.5. The second kappa shape index (κ2) is 5.05. The highest BCUT2D eigenvalue weighted by Crippen LogP contribution is 2.08. The molecule has 5 heteroatoms. The molecule has 14 heavy (non-hydrogen) atoms. The molecule has 3 nitrogen and oxygen atoms in total. The van der Waals surface area contributed by atoms with E-state index in [-0.39, 0.29) is 0 Å². The Morgan fingerprint density at radius 2 is 2.29 bits per heavy atom. The number of halogens is 2. The molecule has 0 aliphatic heterocycles. The maximum Gasteiger partial charge on any atom is 0.253 e. The van der Waals surface area contributed by atoms with Crippen LogP contribution in [0.1, 0.15) is 12.2 Å². The van der Waals surface area contributed by atoms with Gasteiger partial charge in [0.05, 0.1) is 6.04 Å². The van der Waals surface area contributed by atoms with Crippen LogP contribution in [0.2, 0.25) is 0 Å². The van der Waals surface area contributed by atoms with Gasteiger partial charge in [-0.05, 0) is 13.5 Å². The Hall–Kier alpha value is -0.970. The van der Waals surface area contributed by atoms with Crippen LogP contribution in [0.5, 0.6) is 0 Å². The Morgan fingerprint density at radius 1 is 1.57 bits per heavy atom. The highest BCUT2D eigenvalue weighted by molar-refractivity contribution is 4.92. The first-order chi connectivity index (χ1) is 6.65. The molecule has 1 aromatic rings. The van der Waals surface area contributed by atoms with Crippen LogP contribution in [0, 0.1) is 0 Å². The van der Waals surface area contributed by atoms with Gasteiger partial charge in [-0.15, -0.1) is 0 Å². The third-order valence-electron chi connectivity index (χ3n) is 2.27. The van der Waals surface area contributed by atoms with Crippen LogP contribution in [0.15, 0.2) is 12.4 Å². The van der Waals surface area contributed by atoms with Crippen LogP contribution >= 0.6 is 0 Å². The lowest BCUT2D eigenvalue weighted by Crippen LogP contribution is -2.33. The number of nitrogens with zero attached hydrogens (tertiary/aromatic N) is 2. The summed E-state index contributed by atoms with van der Waals surface area (Å²) in [6.45, 7) is 0. The Kier molecular flexibility index (Phi) is 4.00. The zero-order valence-corrected chi connectivity index (χ0v) is 8.37. The molecule has 1 N–H and O–H groups in total. The smallest absolute Gasteiger partial charge is 0.253 e. The van der Waals surface area contributed by atoms with Crippen molar-refractivity contribution in [2.24, 2.45) is 7.05 Å². The SMILES string of the molecule is CNC(CCc1nccn1C)C(F)F. The topological polar surface area (TPSA) is 29.9 Å². The fourth-order valence-electron chi connectivity index (χ4n) is 1.32. The lowest BCUT2D eigenvalue weighted by molar-refractivity contribution is 0.0977. The van der Waals surface area contributed by atoms with E-state index in [2.05, 4.69) is 10.3 Å². The summed E-state index contributed by atoms with van der Waals surface area (Å²) >= 11 is 0. The summed E-state index contributed by atoms with van der Waals surface area (Å²) in [6.07, 6.45) is 2.14. The minimum Gasteiger partial charge on any atom is -0.338 e. The number of imidazole rings is 1. The maximum atomic E-state index is 12.3. The van der Waals surface area contributed by atoms with Gasteiger partial charge in [-0.2, -0.15) is 0 Å². The van der Waals surface area contributed by atoms with Crippen molar-refractivity contribution in [1.29, 1.82) is 0 Å². The molecular formula is C9H15F2N3. The highest BCUT2D eigenvalue weighted by atomic mass is 19.3. The fraction of sp³-hybridized carbons (Fsp3) is 0.667. The summed E-state index contributed by atoms with van der Waals surface area (Å²) in [7, 11) is 3.41. The second-order valence-corrected chi connectivity index (χ2v) is 3.22. The van der Waals surface area contributed by atoms with E-state index in [0.717, 1.165) is 5.82 Å². The maximum absolute atomic E-state index is 12.3. The lowest BCUT2D eigenvalue weighted by atomic mass is 10.1. The highest BCUT2D eigenvalue weighted by Gasteiger charge is 2.18. The van der Waals surface area contributed by atoms with Crippen molar-refractivity contribution in [1.82, 2.24) is 14.9 Å². The molecule has 0 saturated heterocycles. The number of aryl methyl sites for hydroxylation is 2. The van der Waals surface area contributed by atoms with E-state index in [1.54, 1.807) is 13.2 Å². The molecule has 1 unspecified atom stereocenters. The molecule has 0 bridgehead atoms. The van der Waals surface area contributed by atoms with Gasteiger partial charge in [0.2, 0.25) is 0 Å². The number of hydrogen-bond acceptors (Lipinski definition) is 2. The Balaban J connectivity index is 2.43. The van der Waals surface area contributed by atoms with Crippen molar-refractivity contribution in [3.05, 3.63) is 18.2 Å². The number of hydrogen-bond donors (Lipinski definition) is 1. The van der Waals surface area contributed by atoms with Crippen molar-refractivity contribution in [3.63, 3.8) is 0 Å². The Morgan fingerprint density at radius 3 is 2.71 bits per heavy atom. The monoisotopic (exact) mass is 203 g/mol. The van der Waals surface area contributed by atoms with E-state index in [1.807, 2.05) is 17.8 Å². The molecule has 0 aliphatic rings. The molecule has 0 fully saturated rings. The molecule has 1 atom stereocenters. The first-order valence-electron chi connectivity index (χ1n) is 4.56. The van der Waals surface area contributed by atoms with Crippen LogP contribution in [-0.2, 0) is 13.5 Å².